The molecule has 0 unspecified atom stereocenters. The van der Waals surface area contributed by atoms with Gasteiger partial charge in [0, 0.05) is 26.2 Å². The molecule has 9 heteroatoms. The topological polar surface area (TPSA) is 76.4 Å². The predicted octanol–water partition coefficient (Wildman–Crippen LogP) is 1.87. The van der Waals surface area contributed by atoms with Crippen molar-refractivity contribution in [3.05, 3.63) is 35.9 Å². The number of rotatable bonds is 6. The van der Waals surface area contributed by atoms with Crippen LogP contribution in [-0.4, -0.2) is 69.9 Å². The Labute approximate surface area is 167 Å². The van der Waals surface area contributed by atoms with Crippen molar-refractivity contribution in [1.82, 2.24) is 24.6 Å². The quantitative estimate of drug-likeness (QED) is 0.629. The Bertz CT molecular complexity index is 910. The van der Waals surface area contributed by atoms with Crippen LogP contribution in [-0.2, 0) is 16.1 Å². The SMILES string of the molecule is Cc1cc2nc(N(CCN3CCOCC3)C(=O)Cn3cncn3)sc2cc1C. The fourth-order valence-corrected chi connectivity index (χ4v) is 4.30. The lowest BCUT2D eigenvalue weighted by Crippen LogP contribution is -2.44. The molecule has 1 saturated heterocycles. The number of thiazole rings is 1. The largest absolute Gasteiger partial charge is 0.379 e. The number of benzene rings is 1. The maximum absolute atomic E-state index is 13.1. The van der Waals surface area contributed by atoms with Crippen LogP contribution >= 0.6 is 11.3 Å². The highest BCUT2D eigenvalue weighted by Gasteiger charge is 2.22. The van der Waals surface area contributed by atoms with Gasteiger partial charge in [-0.1, -0.05) is 11.3 Å². The Balaban J connectivity index is 1.58. The predicted molar refractivity (Wildman–Crippen MR) is 109 cm³/mol. The molecule has 3 heterocycles. The number of morpholine rings is 1. The molecule has 28 heavy (non-hydrogen) atoms. The van der Waals surface area contributed by atoms with Crippen LogP contribution in [0, 0.1) is 13.8 Å². The van der Waals surface area contributed by atoms with E-state index in [-0.39, 0.29) is 12.5 Å². The smallest absolute Gasteiger partial charge is 0.250 e. The molecule has 0 saturated carbocycles. The van der Waals surface area contributed by atoms with Crippen molar-refractivity contribution < 1.29 is 9.53 Å². The van der Waals surface area contributed by atoms with Crippen LogP contribution in [0.1, 0.15) is 11.1 Å². The fourth-order valence-electron chi connectivity index (χ4n) is 3.21. The van der Waals surface area contributed by atoms with Gasteiger partial charge in [0.05, 0.1) is 23.4 Å². The van der Waals surface area contributed by atoms with E-state index in [0.717, 1.165) is 48.2 Å². The van der Waals surface area contributed by atoms with Gasteiger partial charge in [0.2, 0.25) is 0 Å². The molecule has 8 nitrogen and oxygen atoms in total. The number of fused-ring (bicyclic) bond motifs is 1. The van der Waals surface area contributed by atoms with Crippen LogP contribution in [0.4, 0.5) is 5.13 Å². The number of nitrogens with zero attached hydrogens (tertiary/aromatic N) is 6. The number of carbonyl (C=O) groups is 1. The molecular weight excluding hydrogens is 376 g/mol. The van der Waals surface area contributed by atoms with Gasteiger partial charge in [0.25, 0.3) is 5.91 Å². The molecule has 1 aliphatic rings. The van der Waals surface area contributed by atoms with Crippen LogP contribution in [0.3, 0.4) is 0 Å². The summed E-state index contributed by atoms with van der Waals surface area (Å²) in [6.07, 6.45) is 3.00. The first-order valence-corrected chi connectivity index (χ1v) is 10.2. The molecule has 0 spiro atoms. The molecule has 0 aliphatic carbocycles. The summed E-state index contributed by atoms with van der Waals surface area (Å²) in [5, 5.41) is 4.80. The maximum Gasteiger partial charge on any atom is 0.250 e. The average molecular weight is 401 g/mol. The van der Waals surface area contributed by atoms with Crippen LogP contribution < -0.4 is 4.90 Å². The standard InChI is InChI=1S/C19H24N6O2S/c1-14-9-16-17(10-15(14)2)28-19(22-16)25(4-3-23-5-7-27-8-6-23)18(26)11-24-13-20-12-21-24/h9-10,12-13H,3-8,11H2,1-2H3. The molecule has 1 amide bonds. The summed E-state index contributed by atoms with van der Waals surface area (Å²) in [5.74, 6) is -0.0359. The van der Waals surface area contributed by atoms with Gasteiger partial charge in [-0.3, -0.25) is 14.6 Å². The number of aryl methyl sites for hydroxylation is 2. The minimum atomic E-state index is -0.0359. The highest BCUT2D eigenvalue weighted by atomic mass is 32.1. The van der Waals surface area contributed by atoms with Crippen molar-refractivity contribution in [1.29, 1.82) is 0 Å². The number of hydrogen-bond donors (Lipinski definition) is 0. The molecule has 0 bridgehead atoms. The third-order valence-electron chi connectivity index (χ3n) is 5.03. The minimum Gasteiger partial charge on any atom is -0.379 e. The Kier molecular flexibility index (Phi) is 5.65. The summed E-state index contributed by atoms with van der Waals surface area (Å²) >= 11 is 1.56. The molecule has 148 valence electrons. The summed E-state index contributed by atoms with van der Waals surface area (Å²) in [6, 6.07) is 4.24. The van der Waals surface area contributed by atoms with E-state index in [9.17, 15) is 4.79 Å². The zero-order valence-corrected chi connectivity index (χ0v) is 17.0. The molecular formula is C19H24N6O2S. The average Bonchev–Trinajstić information content (AvgIpc) is 3.33. The lowest BCUT2D eigenvalue weighted by atomic mass is 10.1. The first-order valence-electron chi connectivity index (χ1n) is 9.41. The Morgan fingerprint density at radius 2 is 2.04 bits per heavy atom. The van der Waals surface area contributed by atoms with Gasteiger partial charge in [0.15, 0.2) is 5.13 Å². The number of carbonyl (C=O) groups excluding carboxylic acids is 1. The van der Waals surface area contributed by atoms with E-state index in [1.54, 1.807) is 27.2 Å². The molecule has 0 N–H and O–H groups in total. The summed E-state index contributed by atoms with van der Waals surface area (Å²) in [7, 11) is 0. The monoisotopic (exact) mass is 400 g/mol. The van der Waals surface area contributed by atoms with Gasteiger partial charge in [-0.15, -0.1) is 0 Å². The maximum atomic E-state index is 13.1. The second-order valence-electron chi connectivity index (χ2n) is 6.99. The van der Waals surface area contributed by atoms with Crippen LogP contribution in [0.5, 0.6) is 0 Å². The molecule has 1 fully saturated rings. The molecule has 3 aromatic rings. The lowest BCUT2D eigenvalue weighted by molar-refractivity contribution is -0.119. The highest BCUT2D eigenvalue weighted by molar-refractivity contribution is 7.22. The molecule has 1 aliphatic heterocycles. The van der Waals surface area contributed by atoms with Crippen molar-refractivity contribution in [3.63, 3.8) is 0 Å². The summed E-state index contributed by atoms with van der Waals surface area (Å²) in [4.78, 5) is 25.9. The number of ether oxygens (including phenoxy) is 1. The van der Waals surface area contributed by atoms with Gasteiger partial charge in [-0.25, -0.2) is 14.6 Å². The van der Waals surface area contributed by atoms with Crippen molar-refractivity contribution in [2.24, 2.45) is 0 Å². The van der Waals surface area contributed by atoms with E-state index in [1.165, 1.54) is 17.5 Å². The van der Waals surface area contributed by atoms with E-state index < -0.39 is 0 Å². The number of aromatic nitrogens is 4. The van der Waals surface area contributed by atoms with E-state index >= 15 is 0 Å². The van der Waals surface area contributed by atoms with Gasteiger partial charge in [-0.05, 0) is 37.1 Å². The van der Waals surface area contributed by atoms with Gasteiger partial charge < -0.3 is 4.74 Å². The normalized spacial score (nSPS) is 15.2. The zero-order chi connectivity index (χ0) is 19.5. The van der Waals surface area contributed by atoms with Crippen molar-refractivity contribution >= 4 is 32.6 Å². The zero-order valence-electron chi connectivity index (χ0n) is 16.2. The second-order valence-corrected chi connectivity index (χ2v) is 8.00. The van der Waals surface area contributed by atoms with Gasteiger partial charge >= 0.3 is 0 Å². The van der Waals surface area contributed by atoms with Crippen LogP contribution in [0.25, 0.3) is 10.2 Å². The molecule has 4 rings (SSSR count). The van der Waals surface area contributed by atoms with Crippen molar-refractivity contribution in [2.45, 2.75) is 20.4 Å². The second kappa shape index (κ2) is 8.34. The van der Waals surface area contributed by atoms with E-state index in [0.29, 0.717) is 6.54 Å². The van der Waals surface area contributed by atoms with Gasteiger partial charge in [0.1, 0.15) is 19.2 Å². The lowest BCUT2D eigenvalue weighted by Gasteiger charge is -2.29. The molecule has 1 aromatic carbocycles. The Morgan fingerprint density at radius 3 is 2.79 bits per heavy atom. The van der Waals surface area contributed by atoms with Crippen molar-refractivity contribution in [3.8, 4) is 0 Å². The highest BCUT2D eigenvalue weighted by Crippen LogP contribution is 2.31. The first-order chi connectivity index (χ1) is 13.6. The third-order valence-corrected chi connectivity index (χ3v) is 6.07. The minimum absolute atomic E-state index is 0.0359. The number of amides is 1. The summed E-state index contributed by atoms with van der Waals surface area (Å²) < 4.78 is 8.07. The van der Waals surface area contributed by atoms with Crippen LogP contribution in [0.15, 0.2) is 24.8 Å². The third kappa shape index (κ3) is 4.21. The Morgan fingerprint density at radius 1 is 1.25 bits per heavy atom. The van der Waals surface area contributed by atoms with Crippen LogP contribution in [0.2, 0.25) is 0 Å². The number of anilines is 1. The molecule has 0 atom stereocenters. The van der Waals surface area contributed by atoms with E-state index in [1.807, 2.05) is 0 Å². The van der Waals surface area contributed by atoms with Gasteiger partial charge in [-0.2, -0.15) is 5.10 Å². The summed E-state index contributed by atoms with van der Waals surface area (Å²) in [6.45, 7) is 8.98. The molecule has 2 aromatic heterocycles. The van der Waals surface area contributed by atoms with E-state index in [4.69, 9.17) is 9.72 Å². The van der Waals surface area contributed by atoms with Crippen molar-refractivity contribution in [2.75, 3.05) is 44.3 Å². The number of hydrogen-bond acceptors (Lipinski definition) is 7. The summed E-state index contributed by atoms with van der Waals surface area (Å²) in [5.41, 5.74) is 3.38. The van der Waals surface area contributed by atoms with E-state index in [2.05, 4.69) is 41.0 Å². The first kappa shape index (κ1) is 19.0. The Hall–Kier alpha value is -2.36. The fraction of sp³-hybridized carbons (Fsp3) is 0.474. The molecule has 0 radical (unpaired) electrons.